The molecule has 2 aliphatic heterocycles. The van der Waals surface area contributed by atoms with Crippen molar-refractivity contribution in [3.8, 4) is 5.75 Å². The molecule has 1 unspecified atom stereocenters. The number of guanidine groups is 1. The minimum Gasteiger partial charge on any atom is -0.497 e. The van der Waals surface area contributed by atoms with Crippen LogP contribution in [-0.2, 0) is 4.74 Å². The van der Waals surface area contributed by atoms with E-state index in [1.54, 1.807) is 7.11 Å². The first-order valence-electron chi connectivity index (χ1n) is 11.3. The van der Waals surface area contributed by atoms with Gasteiger partial charge in [0.1, 0.15) is 5.75 Å². The highest BCUT2D eigenvalue weighted by atomic mass is 127. The number of rotatable bonds is 8. The second-order valence-electron chi connectivity index (χ2n) is 8.35. The molecule has 2 heterocycles. The van der Waals surface area contributed by atoms with Crippen molar-refractivity contribution in [2.24, 2.45) is 10.9 Å². The summed E-state index contributed by atoms with van der Waals surface area (Å²) >= 11 is 0. The second-order valence-corrected chi connectivity index (χ2v) is 8.35. The molecule has 1 aromatic rings. The first-order chi connectivity index (χ1) is 14.7. The Morgan fingerprint density at radius 1 is 1.13 bits per heavy atom. The van der Waals surface area contributed by atoms with Gasteiger partial charge in [-0.15, -0.1) is 24.0 Å². The molecule has 3 rings (SSSR count). The van der Waals surface area contributed by atoms with E-state index in [-0.39, 0.29) is 30.0 Å². The Labute approximate surface area is 205 Å². The third kappa shape index (κ3) is 8.40. The highest BCUT2D eigenvalue weighted by Gasteiger charge is 2.23. The zero-order chi connectivity index (χ0) is 21.2. The van der Waals surface area contributed by atoms with Crippen LogP contribution in [0.2, 0.25) is 0 Å². The van der Waals surface area contributed by atoms with Crippen molar-refractivity contribution in [3.63, 3.8) is 0 Å². The fourth-order valence-corrected chi connectivity index (χ4v) is 4.33. The van der Waals surface area contributed by atoms with Gasteiger partial charge in [-0.05, 0) is 63.0 Å². The summed E-state index contributed by atoms with van der Waals surface area (Å²) < 4.78 is 10.9. The van der Waals surface area contributed by atoms with E-state index in [0.717, 1.165) is 57.0 Å². The molecular weight excluding hydrogens is 505 g/mol. The average Bonchev–Trinajstić information content (AvgIpc) is 2.80. The average molecular weight is 546 g/mol. The maximum atomic E-state index is 5.57. The lowest BCUT2D eigenvalue weighted by Gasteiger charge is -2.35. The lowest BCUT2D eigenvalue weighted by atomic mass is 9.94. The Morgan fingerprint density at radius 2 is 1.81 bits per heavy atom. The molecule has 0 saturated carbocycles. The van der Waals surface area contributed by atoms with Crippen molar-refractivity contribution in [2.75, 3.05) is 73.7 Å². The van der Waals surface area contributed by atoms with Crippen LogP contribution in [0.3, 0.4) is 0 Å². The maximum absolute atomic E-state index is 5.57. The maximum Gasteiger partial charge on any atom is 0.191 e. The lowest BCUT2D eigenvalue weighted by molar-refractivity contribution is 0.0170. The van der Waals surface area contributed by atoms with E-state index in [4.69, 9.17) is 9.47 Å². The van der Waals surface area contributed by atoms with E-state index in [9.17, 15) is 0 Å². The molecule has 2 aliphatic rings. The summed E-state index contributed by atoms with van der Waals surface area (Å²) in [5.74, 6) is 2.60. The molecule has 2 N–H and O–H groups in total. The van der Waals surface area contributed by atoms with Gasteiger partial charge in [0.15, 0.2) is 5.96 Å². The van der Waals surface area contributed by atoms with E-state index in [0.29, 0.717) is 0 Å². The third-order valence-electron chi connectivity index (χ3n) is 6.36. The molecule has 7 nitrogen and oxygen atoms in total. The molecule has 8 heteroatoms. The smallest absolute Gasteiger partial charge is 0.191 e. The van der Waals surface area contributed by atoms with E-state index in [2.05, 4.69) is 44.6 Å². The van der Waals surface area contributed by atoms with Crippen molar-refractivity contribution in [1.29, 1.82) is 0 Å². The molecular formula is C23H40IN5O2. The standard InChI is InChI=1S/C23H39N5O2.HI/c1-24-23(25-11-8-19-9-12-27(2)13-10-19)26-18-22(28-14-16-30-17-15-28)20-4-6-21(29-3)7-5-20;/h4-7,19,22H,8-18H2,1-3H3,(H2,24,25,26);1H. The molecule has 1 aromatic carbocycles. The van der Waals surface area contributed by atoms with Crippen molar-refractivity contribution >= 4 is 29.9 Å². The lowest BCUT2D eigenvalue weighted by Crippen LogP contribution is -2.46. The minimum atomic E-state index is 0. The van der Waals surface area contributed by atoms with Crippen LogP contribution < -0.4 is 15.4 Å². The van der Waals surface area contributed by atoms with Crippen LogP contribution in [0, 0.1) is 5.92 Å². The SMILES string of the molecule is CN=C(NCCC1CCN(C)CC1)NCC(c1ccc(OC)cc1)N1CCOCC1.I. The number of methoxy groups -OCH3 is 1. The van der Waals surface area contributed by atoms with Crippen LogP contribution in [0.15, 0.2) is 29.3 Å². The zero-order valence-electron chi connectivity index (χ0n) is 19.3. The Morgan fingerprint density at radius 3 is 2.42 bits per heavy atom. The summed E-state index contributed by atoms with van der Waals surface area (Å²) in [6.45, 7) is 7.69. The van der Waals surface area contributed by atoms with Gasteiger partial charge in [0, 0.05) is 33.2 Å². The summed E-state index contributed by atoms with van der Waals surface area (Å²) in [6.07, 6.45) is 3.82. The minimum absolute atomic E-state index is 0. The summed E-state index contributed by atoms with van der Waals surface area (Å²) in [5, 5.41) is 7.07. The number of morpholine rings is 1. The number of nitrogens with one attached hydrogen (secondary N) is 2. The van der Waals surface area contributed by atoms with Gasteiger partial charge in [-0.3, -0.25) is 9.89 Å². The molecule has 2 saturated heterocycles. The molecule has 0 bridgehead atoms. The van der Waals surface area contributed by atoms with Gasteiger partial charge in [0.05, 0.1) is 26.4 Å². The number of aliphatic imine (C=N–C) groups is 1. The predicted molar refractivity (Wildman–Crippen MR) is 138 cm³/mol. The number of ether oxygens (including phenoxy) is 2. The first kappa shape index (κ1) is 26.2. The van der Waals surface area contributed by atoms with Crippen molar-refractivity contribution in [3.05, 3.63) is 29.8 Å². The molecule has 176 valence electrons. The highest BCUT2D eigenvalue weighted by Crippen LogP contribution is 2.24. The number of likely N-dealkylation sites (tertiary alicyclic amines) is 1. The molecule has 2 fully saturated rings. The van der Waals surface area contributed by atoms with Crippen LogP contribution in [0.25, 0.3) is 0 Å². The second kappa shape index (κ2) is 14.1. The molecule has 1 atom stereocenters. The summed E-state index contributed by atoms with van der Waals surface area (Å²) in [4.78, 5) is 9.36. The number of nitrogens with zero attached hydrogens (tertiary/aromatic N) is 3. The molecule has 0 aliphatic carbocycles. The van der Waals surface area contributed by atoms with Gasteiger partial charge in [-0.1, -0.05) is 12.1 Å². The Hall–Kier alpha value is -1.10. The number of hydrogen-bond donors (Lipinski definition) is 2. The fourth-order valence-electron chi connectivity index (χ4n) is 4.33. The fraction of sp³-hybridized carbons (Fsp3) is 0.696. The quantitative estimate of drug-likeness (QED) is 0.298. The van der Waals surface area contributed by atoms with E-state index < -0.39 is 0 Å². The number of benzene rings is 1. The summed E-state index contributed by atoms with van der Waals surface area (Å²) in [5.41, 5.74) is 1.28. The van der Waals surface area contributed by atoms with Gasteiger partial charge < -0.3 is 25.0 Å². The van der Waals surface area contributed by atoms with Crippen LogP contribution in [-0.4, -0.2) is 89.4 Å². The van der Waals surface area contributed by atoms with Crippen LogP contribution >= 0.6 is 24.0 Å². The Bertz CT molecular complexity index is 644. The van der Waals surface area contributed by atoms with Gasteiger partial charge in [-0.2, -0.15) is 0 Å². The van der Waals surface area contributed by atoms with Gasteiger partial charge in [-0.25, -0.2) is 0 Å². The largest absolute Gasteiger partial charge is 0.497 e. The molecule has 0 radical (unpaired) electrons. The highest BCUT2D eigenvalue weighted by molar-refractivity contribution is 14.0. The van der Waals surface area contributed by atoms with Crippen molar-refractivity contribution < 1.29 is 9.47 Å². The Balaban J connectivity index is 0.00000341. The molecule has 0 amide bonds. The van der Waals surface area contributed by atoms with Crippen molar-refractivity contribution in [2.45, 2.75) is 25.3 Å². The number of halogens is 1. The predicted octanol–water partition coefficient (Wildman–Crippen LogP) is 2.58. The summed E-state index contributed by atoms with van der Waals surface area (Å²) in [7, 11) is 5.77. The Kier molecular flexibility index (Phi) is 11.9. The topological polar surface area (TPSA) is 61.4 Å². The summed E-state index contributed by atoms with van der Waals surface area (Å²) in [6, 6.07) is 8.68. The number of hydrogen-bond acceptors (Lipinski definition) is 5. The monoisotopic (exact) mass is 545 g/mol. The van der Waals surface area contributed by atoms with Gasteiger partial charge in [0.25, 0.3) is 0 Å². The first-order valence-corrected chi connectivity index (χ1v) is 11.3. The third-order valence-corrected chi connectivity index (χ3v) is 6.36. The van der Waals surface area contributed by atoms with Crippen LogP contribution in [0.4, 0.5) is 0 Å². The molecule has 31 heavy (non-hydrogen) atoms. The zero-order valence-corrected chi connectivity index (χ0v) is 21.6. The molecule has 0 spiro atoms. The van der Waals surface area contributed by atoms with Gasteiger partial charge >= 0.3 is 0 Å². The van der Waals surface area contributed by atoms with E-state index in [1.165, 1.54) is 37.9 Å². The normalized spacial score (nSPS) is 20.0. The van der Waals surface area contributed by atoms with E-state index in [1.807, 2.05) is 19.2 Å². The molecule has 0 aromatic heterocycles. The van der Waals surface area contributed by atoms with E-state index >= 15 is 0 Å². The van der Waals surface area contributed by atoms with Crippen LogP contribution in [0.5, 0.6) is 5.75 Å². The number of piperidine rings is 1. The van der Waals surface area contributed by atoms with Gasteiger partial charge in [0.2, 0.25) is 0 Å². The van der Waals surface area contributed by atoms with Crippen molar-refractivity contribution in [1.82, 2.24) is 20.4 Å². The van der Waals surface area contributed by atoms with Crippen LogP contribution in [0.1, 0.15) is 30.9 Å².